The molecule has 4 amide bonds. The lowest BCUT2D eigenvalue weighted by Gasteiger charge is -2.31. The van der Waals surface area contributed by atoms with E-state index in [4.69, 9.17) is 16.3 Å². The van der Waals surface area contributed by atoms with Gasteiger partial charge in [0.25, 0.3) is 11.8 Å². The van der Waals surface area contributed by atoms with Crippen LogP contribution in [-0.2, 0) is 16.2 Å². The lowest BCUT2D eigenvalue weighted by atomic mass is 10.0. The molecule has 6 nitrogen and oxygen atoms in total. The van der Waals surface area contributed by atoms with Crippen LogP contribution < -0.4 is 10.1 Å². The number of hydrogen-bond acceptors (Lipinski definition) is 4. The van der Waals surface area contributed by atoms with Crippen LogP contribution in [0.1, 0.15) is 36.8 Å². The van der Waals surface area contributed by atoms with Gasteiger partial charge in [-0.2, -0.15) is 0 Å². The predicted octanol–water partition coefficient (Wildman–Crippen LogP) is 5.09. The normalized spacial score (nSPS) is 18.6. The number of hydrogen-bond donors (Lipinski definition) is 1. The SMILES string of the molecule is O=C1NC(=O)N(C2CCCC2)C(=O)/C1=C/c1cc(Br)ccc1OCc1ccccc1Cl. The van der Waals surface area contributed by atoms with Crippen LogP contribution in [-0.4, -0.2) is 28.8 Å². The largest absolute Gasteiger partial charge is 0.488 e. The smallest absolute Gasteiger partial charge is 0.331 e. The lowest BCUT2D eigenvalue weighted by molar-refractivity contribution is -0.131. The summed E-state index contributed by atoms with van der Waals surface area (Å²) in [4.78, 5) is 39.0. The zero-order valence-corrected chi connectivity index (χ0v) is 18.9. The summed E-state index contributed by atoms with van der Waals surface area (Å²) in [5.74, 6) is -0.792. The van der Waals surface area contributed by atoms with Crippen molar-refractivity contribution in [2.24, 2.45) is 0 Å². The standard InChI is InChI=1S/C23H20BrClN2O4/c24-16-9-10-20(31-13-14-5-1-4-8-19(14)25)15(11-16)12-18-21(28)26-23(30)27(22(18)29)17-6-2-3-7-17/h1,4-5,8-12,17H,2-3,6-7,13H2,(H,26,28,30)/b18-12+. The van der Waals surface area contributed by atoms with Gasteiger partial charge in [0.1, 0.15) is 17.9 Å². The Morgan fingerprint density at radius 3 is 2.61 bits per heavy atom. The van der Waals surface area contributed by atoms with Crippen LogP contribution in [0.2, 0.25) is 5.02 Å². The minimum absolute atomic E-state index is 0.0906. The second kappa shape index (κ2) is 9.24. The quantitative estimate of drug-likeness (QED) is 0.456. The van der Waals surface area contributed by atoms with Crippen molar-refractivity contribution in [3.05, 3.63) is 68.7 Å². The molecule has 0 bridgehead atoms. The van der Waals surface area contributed by atoms with Crippen LogP contribution in [0.15, 0.2) is 52.5 Å². The molecular formula is C23H20BrClN2O4. The number of amides is 4. The Balaban J connectivity index is 1.64. The molecule has 0 aromatic heterocycles. The second-order valence-corrected chi connectivity index (χ2v) is 8.82. The van der Waals surface area contributed by atoms with Gasteiger partial charge in [0.05, 0.1) is 0 Å². The summed E-state index contributed by atoms with van der Waals surface area (Å²) in [7, 11) is 0. The molecule has 0 radical (unpaired) electrons. The van der Waals surface area contributed by atoms with Gasteiger partial charge in [0, 0.05) is 26.7 Å². The molecular weight excluding hydrogens is 484 g/mol. The van der Waals surface area contributed by atoms with E-state index in [1.807, 2.05) is 18.2 Å². The Hall–Kier alpha value is -2.64. The number of nitrogens with one attached hydrogen (secondary N) is 1. The fourth-order valence-electron chi connectivity index (χ4n) is 3.86. The van der Waals surface area contributed by atoms with Crippen molar-refractivity contribution in [1.29, 1.82) is 0 Å². The summed E-state index contributed by atoms with van der Waals surface area (Å²) in [6.07, 6.45) is 4.90. The first-order chi connectivity index (χ1) is 14.9. The average Bonchev–Trinajstić information content (AvgIpc) is 3.25. The second-order valence-electron chi connectivity index (χ2n) is 7.49. The van der Waals surface area contributed by atoms with Gasteiger partial charge in [-0.25, -0.2) is 4.79 Å². The summed E-state index contributed by atoms with van der Waals surface area (Å²) in [5.41, 5.74) is 1.27. The Morgan fingerprint density at radius 1 is 1.13 bits per heavy atom. The molecule has 2 aromatic rings. The van der Waals surface area contributed by atoms with Crippen LogP contribution >= 0.6 is 27.5 Å². The van der Waals surface area contributed by atoms with Gasteiger partial charge in [0.2, 0.25) is 0 Å². The van der Waals surface area contributed by atoms with E-state index in [9.17, 15) is 14.4 Å². The molecule has 1 saturated carbocycles. The van der Waals surface area contributed by atoms with E-state index in [0.717, 1.165) is 35.7 Å². The van der Waals surface area contributed by atoms with E-state index in [0.29, 0.717) is 16.3 Å². The maximum atomic E-state index is 13.1. The first kappa shape index (κ1) is 21.6. The Labute approximate surface area is 193 Å². The van der Waals surface area contributed by atoms with E-state index < -0.39 is 17.8 Å². The topological polar surface area (TPSA) is 75.7 Å². The van der Waals surface area contributed by atoms with Crippen molar-refractivity contribution in [3.8, 4) is 5.75 Å². The average molecular weight is 504 g/mol. The number of ether oxygens (including phenoxy) is 1. The maximum absolute atomic E-state index is 13.1. The van der Waals surface area contributed by atoms with Gasteiger partial charge in [0.15, 0.2) is 0 Å². The van der Waals surface area contributed by atoms with E-state index in [2.05, 4.69) is 21.2 Å². The highest BCUT2D eigenvalue weighted by molar-refractivity contribution is 9.10. The van der Waals surface area contributed by atoms with Gasteiger partial charge in [-0.15, -0.1) is 0 Å². The molecule has 1 saturated heterocycles. The van der Waals surface area contributed by atoms with Gasteiger partial charge in [-0.05, 0) is 43.2 Å². The summed E-state index contributed by atoms with van der Waals surface area (Å²) in [6.45, 7) is 0.226. The number of halogens is 2. The monoisotopic (exact) mass is 502 g/mol. The predicted molar refractivity (Wildman–Crippen MR) is 121 cm³/mol. The molecule has 4 rings (SSSR count). The summed E-state index contributed by atoms with van der Waals surface area (Å²) < 4.78 is 6.71. The summed E-state index contributed by atoms with van der Waals surface area (Å²) >= 11 is 9.63. The third kappa shape index (κ3) is 4.67. The van der Waals surface area contributed by atoms with Crippen LogP contribution in [0.3, 0.4) is 0 Å². The van der Waals surface area contributed by atoms with Crippen molar-refractivity contribution in [3.63, 3.8) is 0 Å². The Morgan fingerprint density at radius 2 is 1.87 bits per heavy atom. The van der Waals surface area contributed by atoms with E-state index in [-0.39, 0.29) is 18.2 Å². The van der Waals surface area contributed by atoms with Crippen LogP contribution in [0, 0.1) is 0 Å². The number of carbonyl (C=O) groups excluding carboxylic acids is 3. The van der Waals surface area contributed by atoms with Gasteiger partial charge in [-0.3, -0.25) is 19.8 Å². The minimum atomic E-state index is -0.707. The molecule has 1 heterocycles. The van der Waals surface area contributed by atoms with E-state index in [1.165, 1.54) is 11.0 Å². The molecule has 0 unspecified atom stereocenters. The van der Waals surface area contributed by atoms with Crippen molar-refractivity contribution in [1.82, 2.24) is 10.2 Å². The summed E-state index contributed by atoms with van der Waals surface area (Å²) in [5, 5.41) is 2.89. The first-order valence-corrected chi connectivity index (χ1v) is 11.2. The van der Waals surface area contributed by atoms with Crippen molar-refractivity contribution in [2.45, 2.75) is 38.3 Å². The zero-order chi connectivity index (χ0) is 22.0. The zero-order valence-electron chi connectivity index (χ0n) is 16.6. The molecule has 8 heteroatoms. The molecule has 31 heavy (non-hydrogen) atoms. The summed E-state index contributed by atoms with van der Waals surface area (Å²) in [6, 6.07) is 11.8. The molecule has 1 aliphatic heterocycles. The number of barbiturate groups is 1. The minimum Gasteiger partial charge on any atom is -0.488 e. The van der Waals surface area contributed by atoms with Crippen LogP contribution in [0.4, 0.5) is 4.79 Å². The third-order valence-electron chi connectivity index (χ3n) is 5.44. The number of carbonyl (C=O) groups is 3. The van der Waals surface area contributed by atoms with Crippen molar-refractivity contribution < 1.29 is 19.1 Å². The molecule has 2 aromatic carbocycles. The van der Waals surface area contributed by atoms with Crippen molar-refractivity contribution >= 4 is 51.5 Å². The number of benzene rings is 2. The fourth-order valence-corrected chi connectivity index (χ4v) is 4.42. The number of imide groups is 2. The molecule has 0 spiro atoms. The van der Waals surface area contributed by atoms with E-state index >= 15 is 0 Å². The first-order valence-electron chi connectivity index (χ1n) is 10.0. The van der Waals surface area contributed by atoms with Gasteiger partial charge in [-0.1, -0.05) is 58.6 Å². The fraction of sp³-hybridized carbons (Fsp3) is 0.261. The molecule has 2 aliphatic rings. The molecule has 2 fully saturated rings. The lowest BCUT2D eigenvalue weighted by Crippen LogP contribution is -2.57. The number of nitrogens with zero attached hydrogens (tertiary/aromatic N) is 1. The van der Waals surface area contributed by atoms with E-state index in [1.54, 1.807) is 24.3 Å². The highest BCUT2D eigenvalue weighted by Crippen LogP contribution is 2.30. The van der Waals surface area contributed by atoms with Crippen molar-refractivity contribution in [2.75, 3.05) is 0 Å². The third-order valence-corrected chi connectivity index (χ3v) is 6.30. The highest BCUT2D eigenvalue weighted by atomic mass is 79.9. The molecule has 160 valence electrons. The van der Waals surface area contributed by atoms with Crippen LogP contribution in [0.5, 0.6) is 5.75 Å². The Kier molecular flexibility index (Phi) is 6.43. The van der Waals surface area contributed by atoms with Gasteiger partial charge >= 0.3 is 6.03 Å². The number of rotatable bonds is 5. The molecule has 1 N–H and O–H groups in total. The van der Waals surface area contributed by atoms with Crippen LogP contribution in [0.25, 0.3) is 6.08 Å². The highest BCUT2D eigenvalue weighted by Gasteiger charge is 2.40. The Bertz CT molecular complexity index is 1080. The molecule has 1 aliphatic carbocycles. The number of urea groups is 1. The van der Waals surface area contributed by atoms with Gasteiger partial charge < -0.3 is 4.74 Å². The molecule has 0 atom stereocenters. The maximum Gasteiger partial charge on any atom is 0.331 e.